The van der Waals surface area contributed by atoms with Crippen molar-refractivity contribution in [2.24, 2.45) is 0 Å². The minimum absolute atomic E-state index is 0.115. The number of nitrogens with zero attached hydrogens (tertiary/aromatic N) is 1. The van der Waals surface area contributed by atoms with Gasteiger partial charge in [-0.2, -0.15) is 0 Å². The molecule has 1 heterocycles. The van der Waals surface area contributed by atoms with E-state index >= 15 is 0 Å². The molecular formula is C16H25N3O. The molecule has 1 aliphatic heterocycles. The van der Waals surface area contributed by atoms with Crippen LogP contribution < -0.4 is 10.6 Å². The standard InChI is InChI=1S/C16H25N3O/c1-3-13-5-7-14(8-6-13)15-11-17-9-10-19(15)12-16(20)18-4-2/h5-8,15,17H,3-4,9-12H2,1-2H3,(H,18,20). The molecule has 0 bridgehead atoms. The number of hydrogen-bond donors (Lipinski definition) is 2. The van der Waals surface area contributed by atoms with Crippen molar-refractivity contribution in [3.63, 3.8) is 0 Å². The third-order valence-corrected chi connectivity index (χ3v) is 3.85. The Balaban J connectivity index is 2.07. The molecule has 1 aromatic carbocycles. The second-order valence-corrected chi connectivity index (χ2v) is 5.24. The van der Waals surface area contributed by atoms with Crippen molar-refractivity contribution in [3.05, 3.63) is 35.4 Å². The number of carbonyl (C=O) groups is 1. The fourth-order valence-electron chi connectivity index (χ4n) is 2.68. The van der Waals surface area contributed by atoms with Gasteiger partial charge in [-0.3, -0.25) is 9.69 Å². The summed E-state index contributed by atoms with van der Waals surface area (Å²) in [7, 11) is 0. The Hall–Kier alpha value is -1.39. The van der Waals surface area contributed by atoms with Crippen LogP contribution in [0, 0.1) is 0 Å². The van der Waals surface area contributed by atoms with Gasteiger partial charge in [-0.25, -0.2) is 0 Å². The second kappa shape index (κ2) is 7.41. The van der Waals surface area contributed by atoms with Crippen LogP contribution in [0.1, 0.15) is 31.0 Å². The van der Waals surface area contributed by atoms with Gasteiger partial charge in [0, 0.05) is 32.2 Å². The lowest BCUT2D eigenvalue weighted by atomic mass is 10.0. The first-order chi connectivity index (χ1) is 9.74. The van der Waals surface area contributed by atoms with Gasteiger partial charge in [0.1, 0.15) is 0 Å². The molecule has 1 aromatic rings. The number of nitrogens with one attached hydrogen (secondary N) is 2. The molecule has 4 heteroatoms. The Morgan fingerprint density at radius 2 is 2.10 bits per heavy atom. The van der Waals surface area contributed by atoms with E-state index in [2.05, 4.69) is 46.7 Å². The normalized spacial score (nSPS) is 19.8. The molecule has 1 saturated heterocycles. The maximum absolute atomic E-state index is 11.8. The largest absolute Gasteiger partial charge is 0.355 e. The topological polar surface area (TPSA) is 44.4 Å². The molecule has 1 aliphatic rings. The highest BCUT2D eigenvalue weighted by molar-refractivity contribution is 5.78. The molecule has 2 N–H and O–H groups in total. The lowest BCUT2D eigenvalue weighted by molar-refractivity contribution is -0.122. The van der Waals surface area contributed by atoms with Crippen molar-refractivity contribution in [1.29, 1.82) is 0 Å². The molecule has 0 spiro atoms. The molecule has 0 aliphatic carbocycles. The second-order valence-electron chi connectivity index (χ2n) is 5.24. The minimum atomic E-state index is 0.115. The SMILES string of the molecule is CCNC(=O)CN1CCNCC1c1ccc(CC)cc1. The first-order valence-corrected chi connectivity index (χ1v) is 7.55. The van der Waals surface area contributed by atoms with Crippen LogP contribution in [0.15, 0.2) is 24.3 Å². The van der Waals surface area contributed by atoms with Gasteiger partial charge in [-0.1, -0.05) is 31.2 Å². The van der Waals surface area contributed by atoms with E-state index in [-0.39, 0.29) is 11.9 Å². The van der Waals surface area contributed by atoms with Gasteiger partial charge in [-0.05, 0) is 24.5 Å². The third kappa shape index (κ3) is 3.81. The fraction of sp³-hybridized carbons (Fsp3) is 0.562. The van der Waals surface area contributed by atoms with E-state index in [9.17, 15) is 4.79 Å². The van der Waals surface area contributed by atoms with Crippen LogP contribution in [0.4, 0.5) is 0 Å². The predicted molar refractivity (Wildman–Crippen MR) is 81.7 cm³/mol. The molecule has 0 radical (unpaired) electrons. The van der Waals surface area contributed by atoms with Gasteiger partial charge in [0.2, 0.25) is 5.91 Å². The quantitative estimate of drug-likeness (QED) is 0.852. The summed E-state index contributed by atoms with van der Waals surface area (Å²) in [5, 5.41) is 6.31. The monoisotopic (exact) mass is 275 g/mol. The Kier molecular flexibility index (Phi) is 5.56. The summed E-state index contributed by atoms with van der Waals surface area (Å²) < 4.78 is 0. The van der Waals surface area contributed by atoms with Crippen molar-refractivity contribution >= 4 is 5.91 Å². The first kappa shape index (κ1) is 15.0. The number of aryl methyl sites for hydroxylation is 1. The summed E-state index contributed by atoms with van der Waals surface area (Å²) in [5.74, 6) is 0.115. The highest BCUT2D eigenvalue weighted by Gasteiger charge is 2.25. The molecule has 1 fully saturated rings. The van der Waals surface area contributed by atoms with Gasteiger partial charge in [0.05, 0.1) is 6.54 Å². The van der Waals surface area contributed by atoms with Crippen LogP contribution in [0.3, 0.4) is 0 Å². The summed E-state index contributed by atoms with van der Waals surface area (Å²) in [6.07, 6.45) is 1.06. The number of piperazine rings is 1. The Morgan fingerprint density at radius 3 is 2.75 bits per heavy atom. The molecule has 1 atom stereocenters. The van der Waals surface area contributed by atoms with Crippen LogP contribution in [0.5, 0.6) is 0 Å². The third-order valence-electron chi connectivity index (χ3n) is 3.85. The lowest BCUT2D eigenvalue weighted by Crippen LogP contribution is -2.49. The van der Waals surface area contributed by atoms with Crippen molar-refractivity contribution in [2.45, 2.75) is 26.3 Å². The molecule has 0 aromatic heterocycles. The number of amides is 1. The van der Waals surface area contributed by atoms with Gasteiger partial charge >= 0.3 is 0 Å². The van der Waals surface area contributed by atoms with Crippen molar-refractivity contribution in [3.8, 4) is 0 Å². The van der Waals surface area contributed by atoms with Gasteiger partial charge in [-0.15, -0.1) is 0 Å². The van der Waals surface area contributed by atoms with Crippen LogP contribution in [-0.2, 0) is 11.2 Å². The number of hydrogen-bond acceptors (Lipinski definition) is 3. The van der Waals surface area contributed by atoms with Crippen LogP contribution in [0.25, 0.3) is 0 Å². The molecular weight excluding hydrogens is 250 g/mol. The van der Waals surface area contributed by atoms with Crippen LogP contribution in [-0.4, -0.2) is 43.5 Å². The van der Waals surface area contributed by atoms with Gasteiger partial charge in [0.15, 0.2) is 0 Å². The smallest absolute Gasteiger partial charge is 0.234 e. The average molecular weight is 275 g/mol. The zero-order valence-corrected chi connectivity index (χ0v) is 12.5. The van der Waals surface area contributed by atoms with Gasteiger partial charge < -0.3 is 10.6 Å². The Morgan fingerprint density at radius 1 is 1.35 bits per heavy atom. The van der Waals surface area contributed by atoms with E-state index in [1.165, 1.54) is 11.1 Å². The number of rotatable bonds is 5. The maximum atomic E-state index is 11.8. The zero-order valence-electron chi connectivity index (χ0n) is 12.5. The van der Waals surface area contributed by atoms with E-state index in [0.717, 1.165) is 26.1 Å². The zero-order chi connectivity index (χ0) is 14.4. The van der Waals surface area contributed by atoms with Crippen molar-refractivity contribution < 1.29 is 4.79 Å². The molecule has 1 unspecified atom stereocenters. The minimum Gasteiger partial charge on any atom is -0.355 e. The summed E-state index contributed by atoms with van der Waals surface area (Å²) in [6.45, 7) is 8.07. The number of benzene rings is 1. The van der Waals surface area contributed by atoms with Gasteiger partial charge in [0.25, 0.3) is 0 Å². The average Bonchev–Trinajstić information content (AvgIpc) is 2.48. The molecule has 20 heavy (non-hydrogen) atoms. The molecule has 1 amide bonds. The summed E-state index contributed by atoms with van der Waals surface area (Å²) >= 11 is 0. The highest BCUT2D eigenvalue weighted by atomic mass is 16.2. The highest BCUT2D eigenvalue weighted by Crippen LogP contribution is 2.22. The Labute approximate surface area is 121 Å². The summed E-state index contributed by atoms with van der Waals surface area (Å²) in [6, 6.07) is 9.06. The van der Waals surface area contributed by atoms with Crippen LogP contribution in [0.2, 0.25) is 0 Å². The summed E-state index contributed by atoms with van der Waals surface area (Å²) in [4.78, 5) is 14.1. The number of carbonyl (C=O) groups excluding carboxylic acids is 1. The van der Waals surface area contributed by atoms with Crippen LogP contribution >= 0.6 is 0 Å². The molecule has 2 rings (SSSR count). The van der Waals surface area contributed by atoms with E-state index in [1.54, 1.807) is 0 Å². The molecule has 4 nitrogen and oxygen atoms in total. The lowest BCUT2D eigenvalue weighted by Gasteiger charge is -2.36. The summed E-state index contributed by atoms with van der Waals surface area (Å²) in [5.41, 5.74) is 2.64. The molecule has 110 valence electrons. The molecule has 0 saturated carbocycles. The van der Waals surface area contributed by atoms with E-state index < -0.39 is 0 Å². The number of likely N-dealkylation sites (N-methyl/N-ethyl adjacent to an activating group) is 1. The predicted octanol–water partition coefficient (Wildman–Crippen LogP) is 1.33. The Bertz CT molecular complexity index is 430. The van der Waals surface area contributed by atoms with Crippen molar-refractivity contribution in [1.82, 2.24) is 15.5 Å². The van der Waals surface area contributed by atoms with Crippen molar-refractivity contribution in [2.75, 3.05) is 32.7 Å². The first-order valence-electron chi connectivity index (χ1n) is 7.55. The van der Waals surface area contributed by atoms with E-state index in [1.807, 2.05) is 6.92 Å². The fourth-order valence-corrected chi connectivity index (χ4v) is 2.68. The maximum Gasteiger partial charge on any atom is 0.234 e. The van der Waals surface area contributed by atoms with E-state index in [0.29, 0.717) is 13.1 Å². The van der Waals surface area contributed by atoms with E-state index in [4.69, 9.17) is 0 Å².